The summed E-state index contributed by atoms with van der Waals surface area (Å²) < 4.78 is 22.6. The van der Waals surface area contributed by atoms with Crippen LogP contribution in [0.4, 0.5) is 5.69 Å². The van der Waals surface area contributed by atoms with E-state index in [2.05, 4.69) is 5.10 Å². The number of hydrogen-bond donors (Lipinski definition) is 1. The molecule has 1 amide bonds. The number of primary sulfonamides is 1. The highest BCUT2D eigenvalue weighted by Gasteiger charge is 2.28. The van der Waals surface area contributed by atoms with Crippen molar-refractivity contribution >= 4 is 33.4 Å². The van der Waals surface area contributed by atoms with Gasteiger partial charge in [-0.15, -0.1) is 0 Å². The summed E-state index contributed by atoms with van der Waals surface area (Å²) in [5.74, 6) is -0.274. The Hall–Kier alpha value is -3.03. The monoisotopic (exact) mass is 367 g/mol. The van der Waals surface area contributed by atoms with E-state index in [1.54, 1.807) is 19.1 Å². The van der Waals surface area contributed by atoms with Crippen LogP contribution in [0.1, 0.15) is 12.5 Å². The summed E-state index contributed by atoms with van der Waals surface area (Å²) in [6.07, 6.45) is 5.42. The standard InChI is InChI=1S/C19H17N3O3S/c1-14-18(9-5-8-15-6-3-2-4-7-15)19(23)22(21-14)16-10-12-17(13-11-16)26(20,24)25/h2-13H,1H3,(H2,20,24,25)/b8-5-,18-9-. The van der Waals surface area contributed by atoms with E-state index in [0.717, 1.165) is 5.56 Å². The summed E-state index contributed by atoms with van der Waals surface area (Å²) in [6.45, 7) is 1.75. The molecule has 1 aliphatic rings. The zero-order valence-electron chi connectivity index (χ0n) is 14.0. The van der Waals surface area contributed by atoms with Crippen molar-refractivity contribution in [1.29, 1.82) is 0 Å². The maximum absolute atomic E-state index is 12.6. The topological polar surface area (TPSA) is 92.8 Å². The molecule has 26 heavy (non-hydrogen) atoms. The van der Waals surface area contributed by atoms with Gasteiger partial charge in [0.15, 0.2) is 0 Å². The molecule has 2 aromatic rings. The Balaban J connectivity index is 1.82. The smallest absolute Gasteiger partial charge is 0.267 e. The summed E-state index contributed by atoms with van der Waals surface area (Å²) in [7, 11) is -3.78. The fraction of sp³-hybridized carbons (Fsp3) is 0.0526. The molecule has 6 nitrogen and oxygen atoms in total. The second-order valence-corrected chi connectivity index (χ2v) is 7.25. The molecule has 0 bridgehead atoms. The number of allylic oxidation sites excluding steroid dienone is 2. The number of hydrazone groups is 1. The molecule has 0 spiro atoms. The quantitative estimate of drug-likeness (QED) is 0.842. The van der Waals surface area contributed by atoms with E-state index >= 15 is 0 Å². The van der Waals surface area contributed by atoms with Gasteiger partial charge < -0.3 is 0 Å². The van der Waals surface area contributed by atoms with Crippen molar-refractivity contribution in [2.24, 2.45) is 10.2 Å². The number of benzene rings is 2. The van der Waals surface area contributed by atoms with Gasteiger partial charge in [0.2, 0.25) is 10.0 Å². The van der Waals surface area contributed by atoms with Gasteiger partial charge >= 0.3 is 0 Å². The third kappa shape index (κ3) is 3.79. The summed E-state index contributed by atoms with van der Waals surface area (Å²) in [4.78, 5) is 12.6. The fourth-order valence-electron chi connectivity index (χ4n) is 2.48. The lowest BCUT2D eigenvalue weighted by molar-refractivity contribution is -0.114. The predicted molar refractivity (Wildman–Crippen MR) is 102 cm³/mol. The zero-order valence-corrected chi connectivity index (χ0v) is 14.8. The number of nitrogens with zero attached hydrogens (tertiary/aromatic N) is 2. The van der Waals surface area contributed by atoms with Crippen molar-refractivity contribution in [2.75, 3.05) is 5.01 Å². The van der Waals surface area contributed by atoms with Gasteiger partial charge in [-0.1, -0.05) is 42.5 Å². The molecule has 0 radical (unpaired) electrons. The van der Waals surface area contributed by atoms with Crippen molar-refractivity contribution in [3.05, 3.63) is 77.9 Å². The van der Waals surface area contributed by atoms with Crippen LogP contribution in [-0.2, 0) is 14.8 Å². The molecular weight excluding hydrogens is 350 g/mol. The highest BCUT2D eigenvalue weighted by atomic mass is 32.2. The number of hydrogen-bond acceptors (Lipinski definition) is 4. The van der Waals surface area contributed by atoms with Gasteiger partial charge in [0.25, 0.3) is 5.91 Å². The normalized spacial score (nSPS) is 16.5. The molecule has 3 rings (SSSR count). The summed E-state index contributed by atoms with van der Waals surface area (Å²) in [5.41, 5.74) is 2.56. The number of carbonyl (C=O) groups is 1. The van der Waals surface area contributed by atoms with Crippen molar-refractivity contribution in [3.63, 3.8) is 0 Å². The largest absolute Gasteiger partial charge is 0.280 e. The molecule has 1 aliphatic heterocycles. The number of rotatable bonds is 4. The van der Waals surface area contributed by atoms with Crippen molar-refractivity contribution in [1.82, 2.24) is 0 Å². The first-order valence-corrected chi connectivity index (χ1v) is 9.37. The first-order chi connectivity index (χ1) is 12.4. The Morgan fingerprint density at radius 2 is 1.69 bits per heavy atom. The molecule has 0 unspecified atom stereocenters. The third-order valence-corrected chi connectivity index (χ3v) is 4.75. The molecule has 7 heteroatoms. The molecule has 0 saturated heterocycles. The number of carbonyl (C=O) groups excluding carboxylic acids is 1. The SMILES string of the molecule is CC1=NN(c2ccc(S(N)(=O)=O)cc2)C(=O)/C1=C\C=C/c1ccccc1. The van der Waals surface area contributed by atoms with Crippen LogP contribution in [0.25, 0.3) is 6.08 Å². The van der Waals surface area contributed by atoms with Crippen LogP contribution < -0.4 is 10.1 Å². The first kappa shape index (κ1) is 17.8. The van der Waals surface area contributed by atoms with Crippen molar-refractivity contribution in [3.8, 4) is 0 Å². The molecule has 0 saturated carbocycles. The Morgan fingerprint density at radius 3 is 2.31 bits per heavy atom. The average Bonchev–Trinajstić information content (AvgIpc) is 2.90. The van der Waals surface area contributed by atoms with Crippen LogP contribution in [0, 0.1) is 0 Å². The van der Waals surface area contributed by atoms with Crippen molar-refractivity contribution < 1.29 is 13.2 Å². The lowest BCUT2D eigenvalue weighted by atomic mass is 10.1. The minimum atomic E-state index is -3.78. The molecule has 2 N–H and O–H groups in total. The number of nitrogens with two attached hydrogens (primary N) is 1. The minimum Gasteiger partial charge on any atom is -0.267 e. The second kappa shape index (κ2) is 7.07. The lowest BCUT2D eigenvalue weighted by Crippen LogP contribution is -2.21. The fourth-order valence-corrected chi connectivity index (χ4v) is 3.00. The van der Waals surface area contributed by atoms with Crippen LogP contribution in [0.15, 0.2) is 82.3 Å². The van der Waals surface area contributed by atoms with E-state index in [1.807, 2.05) is 36.4 Å². The van der Waals surface area contributed by atoms with E-state index in [4.69, 9.17) is 5.14 Å². The molecule has 132 valence electrons. The maximum Gasteiger partial charge on any atom is 0.280 e. The Labute approximate surface area is 152 Å². The van der Waals surface area contributed by atoms with Gasteiger partial charge in [-0.05, 0) is 42.8 Å². The Morgan fingerprint density at radius 1 is 1.04 bits per heavy atom. The van der Waals surface area contributed by atoms with Crippen LogP contribution in [0.2, 0.25) is 0 Å². The molecule has 1 heterocycles. The number of anilines is 1. The van der Waals surface area contributed by atoms with E-state index in [0.29, 0.717) is 17.0 Å². The zero-order chi connectivity index (χ0) is 18.7. The van der Waals surface area contributed by atoms with Gasteiger partial charge in [0.1, 0.15) is 0 Å². The second-order valence-electron chi connectivity index (χ2n) is 5.69. The van der Waals surface area contributed by atoms with Gasteiger partial charge in [-0.25, -0.2) is 13.6 Å². The van der Waals surface area contributed by atoms with E-state index in [1.165, 1.54) is 29.3 Å². The predicted octanol–water partition coefficient (Wildman–Crippen LogP) is 2.70. The highest BCUT2D eigenvalue weighted by molar-refractivity contribution is 7.89. The van der Waals surface area contributed by atoms with E-state index in [-0.39, 0.29) is 10.8 Å². The highest BCUT2D eigenvalue weighted by Crippen LogP contribution is 2.24. The van der Waals surface area contributed by atoms with Gasteiger partial charge in [-0.2, -0.15) is 10.1 Å². The summed E-state index contributed by atoms with van der Waals surface area (Å²) in [5, 5.41) is 10.6. The Bertz CT molecular complexity index is 1020. The molecule has 0 aliphatic carbocycles. The van der Waals surface area contributed by atoms with Gasteiger partial charge in [0, 0.05) is 0 Å². The molecule has 0 aromatic heterocycles. The molecule has 2 aromatic carbocycles. The lowest BCUT2D eigenvalue weighted by Gasteiger charge is -2.11. The Kier molecular flexibility index (Phi) is 4.83. The van der Waals surface area contributed by atoms with Crippen LogP contribution in [0.5, 0.6) is 0 Å². The van der Waals surface area contributed by atoms with Crippen LogP contribution >= 0.6 is 0 Å². The van der Waals surface area contributed by atoms with Crippen molar-refractivity contribution in [2.45, 2.75) is 11.8 Å². The number of amides is 1. The summed E-state index contributed by atoms with van der Waals surface area (Å²) in [6, 6.07) is 15.4. The molecule has 0 fully saturated rings. The average molecular weight is 367 g/mol. The van der Waals surface area contributed by atoms with E-state index in [9.17, 15) is 13.2 Å². The third-order valence-electron chi connectivity index (χ3n) is 3.82. The van der Waals surface area contributed by atoms with E-state index < -0.39 is 10.0 Å². The minimum absolute atomic E-state index is 0.0184. The van der Waals surface area contributed by atoms with Gasteiger partial charge in [-0.3, -0.25) is 4.79 Å². The van der Waals surface area contributed by atoms with Gasteiger partial charge in [0.05, 0.1) is 21.9 Å². The maximum atomic E-state index is 12.6. The van der Waals surface area contributed by atoms with Crippen LogP contribution in [-0.4, -0.2) is 20.0 Å². The van der Waals surface area contributed by atoms with Crippen LogP contribution in [0.3, 0.4) is 0 Å². The molecule has 0 atom stereocenters. The first-order valence-electron chi connectivity index (χ1n) is 7.82. The number of sulfonamides is 1. The summed E-state index contributed by atoms with van der Waals surface area (Å²) >= 11 is 0. The molecular formula is C19H17N3O3S.